The van der Waals surface area contributed by atoms with Crippen LogP contribution in [0.5, 0.6) is 0 Å². The van der Waals surface area contributed by atoms with E-state index in [1.165, 1.54) is 54.4 Å². The summed E-state index contributed by atoms with van der Waals surface area (Å²) < 4.78 is 0. The molecule has 1 aliphatic rings. The Bertz CT molecular complexity index is 527. The summed E-state index contributed by atoms with van der Waals surface area (Å²) >= 11 is 0. The van der Waals surface area contributed by atoms with Gasteiger partial charge in [0.15, 0.2) is 5.78 Å². The highest BCUT2D eigenvalue weighted by Crippen LogP contribution is 2.38. The standard InChI is InChI=1S/C19H26O/c1-13(2)19(16-8-6-5-7-9-16)18-11-10-17(15(4)20)12-14(18)3/h10-12,16H,5-9H2,1-4H3. The van der Waals surface area contributed by atoms with E-state index in [1.807, 2.05) is 12.1 Å². The molecule has 0 atom stereocenters. The first-order valence-corrected chi connectivity index (χ1v) is 7.80. The fraction of sp³-hybridized carbons (Fsp3) is 0.526. The molecule has 0 aromatic heterocycles. The maximum atomic E-state index is 11.5. The number of benzene rings is 1. The molecule has 108 valence electrons. The number of allylic oxidation sites excluding steroid dienone is 2. The van der Waals surface area contributed by atoms with Crippen LogP contribution in [0.1, 0.15) is 74.4 Å². The fourth-order valence-corrected chi connectivity index (χ4v) is 3.47. The largest absolute Gasteiger partial charge is 0.295 e. The summed E-state index contributed by atoms with van der Waals surface area (Å²) in [7, 11) is 0. The number of carbonyl (C=O) groups excluding carboxylic acids is 1. The van der Waals surface area contributed by atoms with Crippen LogP contribution in [-0.2, 0) is 0 Å². The smallest absolute Gasteiger partial charge is 0.159 e. The lowest BCUT2D eigenvalue weighted by Crippen LogP contribution is -2.11. The third kappa shape index (κ3) is 3.20. The Balaban J connectivity index is 2.40. The molecule has 1 aromatic rings. The van der Waals surface area contributed by atoms with E-state index in [2.05, 4.69) is 26.8 Å². The third-order valence-electron chi connectivity index (χ3n) is 4.48. The van der Waals surface area contributed by atoms with Crippen LogP contribution < -0.4 is 0 Å². The number of hydrogen-bond donors (Lipinski definition) is 0. The van der Waals surface area contributed by atoms with Crippen LogP contribution in [0.2, 0.25) is 0 Å². The molecule has 0 aliphatic heterocycles. The minimum absolute atomic E-state index is 0.149. The van der Waals surface area contributed by atoms with E-state index in [0.717, 1.165) is 5.56 Å². The summed E-state index contributed by atoms with van der Waals surface area (Å²) in [6, 6.07) is 6.18. The van der Waals surface area contributed by atoms with Crippen molar-refractivity contribution in [3.05, 3.63) is 40.5 Å². The van der Waals surface area contributed by atoms with Gasteiger partial charge in [0, 0.05) is 5.56 Å². The molecule has 1 saturated carbocycles. The van der Waals surface area contributed by atoms with E-state index in [9.17, 15) is 4.79 Å². The summed E-state index contributed by atoms with van der Waals surface area (Å²) in [5.74, 6) is 0.853. The van der Waals surface area contributed by atoms with Gasteiger partial charge in [-0.1, -0.05) is 37.0 Å². The highest BCUT2D eigenvalue weighted by molar-refractivity contribution is 5.94. The normalized spacial score (nSPS) is 16.0. The number of aryl methyl sites for hydroxylation is 1. The van der Waals surface area contributed by atoms with Gasteiger partial charge in [0.25, 0.3) is 0 Å². The minimum Gasteiger partial charge on any atom is -0.295 e. The van der Waals surface area contributed by atoms with Gasteiger partial charge in [0.05, 0.1) is 0 Å². The number of rotatable bonds is 3. The predicted molar refractivity (Wildman–Crippen MR) is 86.0 cm³/mol. The van der Waals surface area contributed by atoms with Crippen LogP contribution in [0.3, 0.4) is 0 Å². The lowest BCUT2D eigenvalue weighted by Gasteiger charge is -2.27. The SMILES string of the molecule is CC(=O)c1ccc(C(=C(C)C)C2CCCCC2)c(C)c1. The second-order valence-electron chi connectivity index (χ2n) is 6.33. The van der Waals surface area contributed by atoms with E-state index in [0.29, 0.717) is 5.92 Å². The molecule has 0 heterocycles. The van der Waals surface area contributed by atoms with Crippen LogP contribution >= 0.6 is 0 Å². The lowest BCUT2D eigenvalue weighted by atomic mass is 9.78. The Labute approximate surface area is 123 Å². The second-order valence-corrected chi connectivity index (χ2v) is 6.33. The Morgan fingerprint density at radius 2 is 1.70 bits per heavy atom. The highest BCUT2D eigenvalue weighted by Gasteiger charge is 2.21. The summed E-state index contributed by atoms with van der Waals surface area (Å²) in [6.07, 6.45) is 6.72. The fourth-order valence-electron chi connectivity index (χ4n) is 3.47. The molecule has 20 heavy (non-hydrogen) atoms. The second kappa shape index (κ2) is 6.39. The van der Waals surface area contributed by atoms with Gasteiger partial charge in [-0.25, -0.2) is 0 Å². The van der Waals surface area contributed by atoms with E-state index in [1.54, 1.807) is 6.92 Å². The van der Waals surface area contributed by atoms with Gasteiger partial charge in [-0.05, 0) is 69.2 Å². The molecule has 1 aromatic carbocycles. The number of ketones is 1. The van der Waals surface area contributed by atoms with Crippen LogP contribution in [-0.4, -0.2) is 5.78 Å². The van der Waals surface area contributed by atoms with Gasteiger partial charge >= 0.3 is 0 Å². The maximum Gasteiger partial charge on any atom is 0.159 e. The Morgan fingerprint density at radius 3 is 2.20 bits per heavy atom. The van der Waals surface area contributed by atoms with Crippen LogP contribution in [0.4, 0.5) is 0 Å². The lowest BCUT2D eigenvalue weighted by molar-refractivity contribution is 0.101. The van der Waals surface area contributed by atoms with Crippen LogP contribution in [0.15, 0.2) is 23.8 Å². The highest BCUT2D eigenvalue weighted by atomic mass is 16.1. The molecule has 0 unspecified atom stereocenters. The van der Waals surface area contributed by atoms with Gasteiger partial charge in [-0.3, -0.25) is 4.79 Å². The Kier molecular flexibility index (Phi) is 4.80. The van der Waals surface area contributed by atoms with Gasteiger partial charge in [0.2, 0.25) is 0 Å². The van der Waals surface area contributed by atoms with E-state index < -0.39 is 0 Å². The van der Waals surface area contributed by atoms with Crippen molar-refractivity contribution in [2.75, 3.05) is 0 Å². The van der Waals surface area contributed by atoms with E-state index in [-0.39, 0.29) is 5.78 Å². The molecule has 0 saturated heterocycles. The van der Waals surface area contributed by atoms with E-state index in [4.69, 9.17) is 0 Å². The first kappa shape index (κ1) is 15.0. The average Bonchev–Trinajstić information content (AvgIpc) is 2.41. The average molecular weight is 270 g/mol. The van der Waals surface area contributed by atoms with E-state index >= 15 is 0 Å². The summed E-state index contributed by atoms with van der Waals surface area (Å²) in [5, 5.41) is 0. The molecule has 0 radical (unpaired) electrons. The molecule has 1 aliphatic carbocycles. The van der Waals surface area contributed by atoms with Gasteiger partial charge in [0.1, 0.15) is 0 Å². The monoisotopic (exact) mass is 270 g/mol. The topological polar surface area (TPSA) is 17.1 Å². The molecule has 1 heteroatoms. The van der Waals surface area contributed by atoms with Crippen LogP contribution in [0.25, 0.3) is 5.57 Å². The van der Waals surface area contributed by atoms with Crippen molar-refractivity contribution < 1.29 is 4.79 Å². The third-order valence-corrected chi connectivity index (χ3v) is 4.48. The predicted octanol–water partition coefficient (Wildman–Crippen LogP) is 5.57. The number of carbonyl (C=O) groups is 1. The molecule has 1 fully saturated rings. The summed E-state index contributed by atoms with van der Waals surface area (Å²) in [4.78, 5) is 11.5. The molecule has 1 nitrogen and oxygen atoms in total. The van der Waals surface area contributed by atoms with Crippen molar-refractivity contribution in [2.45, 2.75) is 59.8 Å². The summed E-state index contributed by atoms with van der Waals surface area (Å²) in [6.45, 7) is 8.22. The summed E-state index contributed by atoms with van der Waals surface area (Å²) in [5.41, 5.74) is 6.36. The molecule has 0 amide bonds. The van der Waals surface area contributed by atoms with Crippen molar-refractivity contribution in [1.82, 2.24) is 0 Å². The zero-order chi connectivity index (χ0) is 14.7. The molecule has 0 spiro atoms. The maximum absolute atomic E-state index is 11.5. The van der Waals surface area contributed by atoms with Crippen molar-refractivity contribution >= 4 is 11.4 Å². The van der Waals surface area contributed by atoms with Crippen molar-refractivity contribution in [2.24, 2.45) is 5.92 Å². The molecular weight excluding hydrogens is 244 g/mol. The number of Topliss-reactive ketones (excluding diaryl/α,β-unsaturated/α-hetero) is 1. The van der Waals surface area contributed by atoms with Crippen molar-refractivity contribution in [3.8, 4) is 0 Å². The first-order valence-electron chi connectivity index (χ1n) is 7.80. The van der Waals surface area contributed by atoms with Crippen LogP contribution in [0, 0.1) is 12.8 Å². The number of hydrogen-bond acceptors (Lipinski definition) is 1. The molecular formula is C19H26O. The van der Waals surface area contributed by atoms with Crippen molar-refractivity contribution in [3.63, 3.8) is 0 Å². The van der Waals surface area contributed by atoms with Gasteiger partial charge < -0.3 is 0 Å². The Morgan fingerprint density at radius 1 is 1.05 bits per heavy atom. The molecule has 0 N–H and O–H groups in total. The molecule has 2 rings (SSSR count). The quantitative estimate of drug-likeness (QED) is 0.656. The van der Waals surface area contributed by atoms with Gasteiger partial charge in [-0.2, -0.15) is 0 Å². The zero-order valence-electron chi connectivity index (χ0n) is 13.3. The van der Waals surface area contributed by atoms with Gasteiger partial charge in [-0.15, -0.1) is 0 Å². The Hall–Kier alpha value is -1.37. The van der Waals surface area contributed by atoms with Crippen molar-refractivity contribution in [1.29, 1.82) is 0 Å². The zero-order valence-corrected chi connectivity index (χ0v) is 13.3. The first-order chi connectivity index (χ1) is 9.50. The minimum atomic E-state index is 0.149. The molecule has 0 bridgehead atoms.